The second kappa shape index (κ2) is 5.47. The number of rotatable bonds is 3. The van der Waals surface area contributed by atoms with Crippen molar-refractivity contribution in [2.24, 2.45) is 7.05 Å². The van der Waals surface area contributed by atoms with Gasteiger partial charge >= 0.3 is 0 Å². The first kappa shape index (κ1) is 14.3. The number of ketones is 1. The van der Waals surface area contributed by atoms with Crippen molar-refractivity contribution in [2.45, 2.75) is 20.3 Å². The Labute approximate surface area is 125 Å². The zero-order valence-corrected chi connectivity index (χ0v) is 13.3. The maximum atomic E-state index is 12.3. The second-order valence-corrected chi connectivity index (χ2v) is 5.73. The summed E-state index contributed by atoms with van der Waals surface area (Å²) in [5.74, 6) is 0.0330. The summed E-state index contributed by atoms with van der Waals surface area (Å²) in [5, 5.41) is 4.90. The van der Waals surface area contributed by atoms with Crippen molar-refractivity contribution in [1.29, 1.82) is 0 Å². The van der Waals surface area contributed by atoms with Gasteiger partial charge in [-0.3, -0.25) is 9.48 Å². The van der Waals surface area contributed by atoms with Crippen LogP contribution in [-0.2, 0) is 13.5 Å². The Morgan fingerprint density at radius 3 is 2.63 bits per heavy atom. The fraction of sp³-hybridized carbons (Fsp3) is 0.286. The molecule has 0 saturated heterocycles. The molecule has 1 aromatic carbocycles. The number of hydrogen-bond donors (Lipinski definition) is 0. The predicted molar refractivity (Wildman–Crippen MR) is 79.9 cm³/mol. The first-order chi connectivity index (χ1) is 8.90. The molecule has 0 radical (unpaired) electrons. The van der Waals surface area contributed by atoms with E-state index in [4.69, 9.17) is 11.6 Å². The minimum atomic E-state index is 0.0330. The third-order valence-electron chi connectivity index (χ3n) is 3.08. The maximum absolute atomic E-state index is 12.3. The Morgan fingerprint density at radius 1 is 1.42 bits per heavy atom. The van der Waals surface area contributed by atoms with E-state index in [0.29, 0.717) is 17.0 Å². The van der Waals surface area contributed by atoms with Crippen molar-refractivity contribution in [3.63, 3.8) is 0 Å². The minimum absolute atomic E-state index is 0.0330. The summed E-state index contributed by atoms with van der Waals surface area (Å²) in [6, 6.07) is 5.39. The molecule has 0 aliphatic heterocycles. The summed E-state index contributed by atoms with van der Waals surface area (Å²) in [5.41, 5.74) is 3.35. The lowest BCUT2D eigenvalue weighted by Crippen LogP contribution is -2.08. The standard InChI is InChI=1S/C14H14BrClN2O/c1-8-4-5-10(6-11(8)16)13(19)7-12-14(15)9(2)17-18(12)3/h4-6H,7H2,1-3H3. The minimum Gasteiger partial charge on any atom is -0.294 e. The third kappa shape index (κ3) is 2.90. The van der Waals surface area contributed by atoms with Crippen LogP contribution in [0.4, 0.5) is 0 Å². The van der Waals surface area contributed by atoms with Crippen LogP contribution in [0.1, 0.15) is 27.3 Å². The third-order valence-corrected chi connectivity index (χ3v) is 4.52. The Hall–Kier alpha value is -1.13. The van der Waals surface area contributed by atoms with Gasteiger partial charge in [0.15, 0.2) is 5.78 Å². The van der Waals surface area contributed by atoms with Crippen molar-refractivity contribution in [3.8, 4) is 0 Å². The molecule has 2 aromatic rings. The van der Waals surface area contributed by atoms with Gasteiger partial charge in [-0.05, 0) is 41.4 Å². The van der Waals surface area contributed by atoms with Crippen LogP contribution in [0.25, 0.3) is 0 Å². The van der Waals surface area contributed by atoms with E-state index in [1.54, 1.807) is 16.8 Å². The number of benzene rings is 1. The van der Waals surface area contributed by atoms with E-state index in [1.165, 1.54) is 0 Å². The van der Waals surface area contributed by atoms with E-state index in [0.717, 1.165) is 21.4 Å². The molecule has 0 atom stereocenters. The summed E-state index contributed by atoms with van der Waals surface area (Å²) < 4.78 is 2.62. The van der Waals surface area contributed by atoms with Crippen LogP contribution in [0.5, 0.6) is 0 Å². The van der Waals surface area contributed by atoms with E-state index in [9.17, 15) is 4.79 Å². The van der Waals surface area contributed by atoms with Crippen LogP contribution >= 0.6 is 27.5 Å². The highest BCUT2D eigenvalue weighted by molar-refractivity contribution is 9.10. The quantitative estimate of drug-likeness (QED) is 0.794. The fourth-order valence-corrected chi connectivity index (χ4v) is 2.55. The molecule has 0 amide bonds. The molecule has 2 rings (SSSR count). The Morgan fingerprint density at radius 2 is 2.11 bits per heavy atom. The van der Waals surface area contributed by atoms with Crippen LogP contribution in [0.15, 0.2) is 22.7 Å². The van der Waals surface area contributed by atoms with Gasteiger partial charge in [-0.25, -0.2) is 0 Å². The first-order valence-corrected chi connectivity index (χ1v) is 7.04. The van der Waals surface area contributed by atoms with E-state index < -0.39 is 0 Å². The summed E-state index contributed by atoms with van der Waals surface area (Å²) in [6.07, 6.45) is 0.303. The van der Waals surface area contributed by atoms with Gasteiger partial charge in [0.1, 0.15) is 0 Å². The van der Waals surface area contributed by atoms with Crippen LogP contribution in [0, 0.1) is 13.8 Å². The lowest BCUT2D eigenvalue weighted by atomic mass is 10.0. The summed E-state index contributed by atoms with van der Waals surface area (Å²) >= 11 is 9.52. The molecule has 19 heavy (non-hydrogen) atoms. The Kier molecular flexibility index (Phi) is 4.11. The Bertz CT molecular complexity index is 649. The fourth-order valence-electron chi connectivity index (χ4n) is 1.89. The van der Waals surface area contributed by atoms with Crippen LogP contribution in [0.3, 0.4) is 0 Å². The summed E-state index contributed by atoms with van der Waals surface area (Å²) in [7, 11) is 1.84. The molecule has 0 unspecified atom stereocenters. The molecule has 100 valence electrons. The molecule has 0 fully saturated rings. The predicted octanol–water partition coefficient (Wildman–Crippen LogP) is 3.88. The number of aryl methyl sites for hydroxylation is 3. The van der Waals surface area contributed by atoms with Gasteiger partial charge < -0.3 is 0 Å². The maximum Gasteiger partial charge on any atom is 0.168 e. The van der Waals surface area contributed by atoms with Gasteiger partial charge in [0, 0.05) is 17.6 Å². The second-order valence-electron chi connectivity index (χ2n) is 4.53. The SMILES string of the molecule is Cc1ccc(C(=O)Cc2c(Br)c(C)nn2C)cc1Cl. The van der Waals surface area contributed by atoms with Gasteiger partial charge in [0.2, 0.25) is 0 Å². The number of carbonyl (C=O) groups excluding carboxylic acids is 1. The average molecular weight is 342 g/mol. The zero-order valence-electron chi connectivity index (χ0n) is 11.0. The molecular formula is C14H14BrClN2O. The normalized spacial score (nSPS) is 10.8. The molecule has 3 nitrogen and oxygen atoms in total. The van der Waals surface area contributed by atoms with E-state index in [-0.39, 0.29) is 5.78 Å². The molecule has 0 aliphatic carbocycles. The number of Topliss-reactive ketones (excluding diaryl/α,β-unsaturated/α-hetero) is 1. The van der Waals surface area contributed by atoms with Gasteiger partial charge in [0.05, 0.1) is 22.3 Å². The number of hydrogen-bond acceptors (Lipinski definition) is 2. The average Bonchev–Trinajstić information content (AvgIpc) is 2.59. The summed E-state index contributed by atoms with van der Waals surface area (Å²) in [4.78, 5) is 12.3. The van der Waals surface area contributed by atoms with Crippen molar-refractivity contribution >= 4 is 33.3 Å². The smallest absolute Gasteiger partial charge is 0.168 e. The summed E-state index contributed by atoms with van der Waals surface area (Å²) in [6.45, 7) is 3.82. The van der Waals surface area contributed by atoms with E-state index in [2.05, 4.69) is 21.0 Å². The van der Waals surface area contributed by atoms with Gasteiger partial charge in [-0.2, -0.15) is 5.10 Å². The van der Waals surface area contributed by atoms with Crippen molar-refractivity contribution < 1.29 is 4.79 Å². The van der Waals surface area contributed by atoms with Crippen LogP contribution in [0.2, 0.25) is 5.02 Å². The number of carbonyl (C=O) groups is 1. The Balaban J connectivity index is 2.28. The highest BCUT2D eigenvalue weighted by Crippen LogP contribution is 2.23. The molecule has 0 N–H and O–H groups in total. The van der Waals surface area contributed by atoms with E-state index in [1.807, 2.05) is 27.0 Å². The first-order valence-electron chi connectivity index (χ1n) is 5.87. The van der Waals surface area contributed by atoms with Crippen LogP contribution < -0.4 is 0 Å². The largest absolute Gasteiger partial charge is 0.294 e. The monoisotopic (exact) mass is 340 g/mol. The number of nitrogens with zero attached hydrogens (tertiary/aromatic N) is 2. The molecule has 0 spiro atoms. The van der Waals surface area contributed by atoms with Gasteiger partial charge in [-0.15, -0.1) is 0 Å². The highest BCUT2D eigenvalue weighted by Gasteiger charge is 2.16. The molecular weight excluding hydrogens is 328 g/mol. The van der Waals surface area contributed by atoms with Crippen molar-refractivity contribution in [2.75, 3.05) is 0 Å². The lowest BCUT2D eigenvalue weighted by Gasteiger charge is -2.05. The molecule has 1 aromatic heterocycles. The van der Waals surface area contributed by atoms with Crippen molar-refractivity contribution in [3.05, 3.63) is 50.2 Å². The molecule has 1 heterocycles. The molecule has 5 heteroatoms. The van der Waals surface area contributed by atoms with Gasteiger partial charge in [-0.1, -0.05) is 23.7 Å². The zero-order chi connectivity index (χ0) is 14.2. The van der Waals surface area contributed by atoms with E-state index >= 15 is 0 Å². The molecule has 0 aliphatic rings. The lowest BCUT2D eigenvalue weighted by molar-refractivity contribution is 0.0990. The molecule has 0 saturated carbocycles. The number of aromatic nitrogens is 2. The van der Waals surface area contributed by atoms with Crippen molar-refractivity contribution in [1.82, 2.24) is 9.78 Å². The number of halogens is 2. The highest BCUT2D eigenvalue weighted by atomic mass is 79.9. The van der Waals surface area contributed by atoms with Gasteiger partial charge in [0.25, 0.3) is 0 Å². The molecule has 0 bridgehead atoms. The topological polar surface area (TPSA) is 34.9 Å². The van der Waals surface area contributed by atoms with Crippen LogP contribution in [-0.4, -0.2) is 15.6 Å².